The Morgan fingerprint density at radius 1 is 1.07 bits per heavy atom. The first-order valence-electron chi connectivity index (χ1n) is 9.88. The van der Waals surface area contributed by atoms with Gasteiger partial charge in [-0.05, 0) is 49.9 Å². The van der Waals surface area contributed by atoms with Gasteiger partial charge in [0.1, 0.15) is 0 Å². The van der Waals surface area contributed by atoms with E-state index < -0.39 is 17.6 Å². The van der Waals surface area contributed by atoms with Crippen LogP contribution < -0.4 is 5.32 Å². The quantitative estimate of drug-likeness (QED) is 0.678. The van der Waals surface area contributed by atoms with Crippen LogP contribution in [0.15, 0.2) is 48.8 Å². The molecule has 4 rings (SSSR count). The van der Waals surface area contributed by atoms with Gasteiger partial charge in [-0.25, -0.2) is 0 Å². The van der Waals surface area contributed by atoms with E-state index in [1.165, 1.54) is 23.8 Å². The van der Waals surface area contributed by atoms with Gasteiger partial charge in [-0.2, -0.15) is 18.3 Å². The second-order valence-corrected chi connectivity index (χ2v) is 7.24. The van der Waals surface area contributed by atoms with Crippen molar-refractivity contribution in [2.75, 3.05) is 6.54 Å². The van der Waals surface area contributed by atoms with Gasteiger partial charge >= 0.3 is 6.18 Å². The molecule has 0 bridgehead atoms. The van der Waals surface area contributed by atoms with Crippen molar-refractivity contribution in [3.05, 3.63) is 71.2 Å². The minimum absolute atomic E-state index is 0.189. The normalized spacial score (nSPS) is 13.7. The summed E-state index contributed by atoms with van der Waals surface area (Å²) in [5.41, 5.74) is 2.95. The molecule has 0 aliphatic heterocycles. The van der Waals surface area contributed by atoms with E-state index in [2.05, 4.69) is 10.3 Å². The second kappa shape index (κ2) is 8.30. The molecule has 30 heavy (non-hydrogen) atoms. The Morgan fingerprint density at radius 2 is 1.80 bits per heavy atom. The number of nitrogens with one attached hydrogen (secondary N) is 1. The van der Waals surface area contributed by atoms with Crippen LogP contribution in [0.1, 0.15) is 40.0 Å². The van der Waals surface area contributed by atoms with Crippen LogP contribution in [-0.2, 0) is 25.6 Å². The predicted molar refractivity (Wildman–Crippen MR) is 106 cm³/mol. The third-order valence-corrected chi connectivity index (χ3v) is 5.30. The summed E-state index contributed by atoms with van der Waals surface area (Å²) < 4.78 is 41.3. The van der Waals surface area contributed by atoms with Gasteiger partial charge in [-0.1, -0.05) is 12.1 Å². The molecule has 1 aliphatic carbocycles. The van der Waals surface area contributed by atoms with Crippen molar-refractivity contribution in [2.24, 2.45) is 0 Å². The van der Waals surface area contributed by atoms with Crippen LogP contribution in [0.3, 0.4) is 0 Å². The smallest absolute Gasteiger partial charge is 0.350 e. The van der Waals surface area contributed by atoms with E-state index in [1.807, 2.05) is 16.8 Å². The van der Waals surface area contributed by atoms with Crippen LogP contribution >= 0.6 is 0 Å². The molecule has 0 unspecified atom stereocenters. The summed E-state index contributed by atoms with van der Waals surface area (Å²) in [6, 6.07) is 8.63. The van der Waals surface area contributed by atoms with E-state index >= 15 is 0 Å². The highest BCUT2D eigenvalue weighted by Gasteiger charge is 2.34. The molecule has 0 saturated heterocycles. The fourth-order valence-corrected chi connectivity index (χ4v) is 3.90. The minimum Gasteiger partial charge on any atom is -0.350 e. The first-order chi connectivity index (χ1) is 14.4. The van der Waals surface area contributed by atoms with Crippen molar-refractivity contribution in [3.8, 4) is 11.3 Å². The number of benzene rings is 1. The van der Waals surface area contributed by atoms with Gasteiger partial charge in [0, 0.05) is 35.8 Å². The lowest BCUT2D eigenvalue weighted by Gasteiger charge is -2.15. The molecule has 1 aliphatic rings. The van der Waals surface area contributed by atoms with Gasteiger partial charge < -0.3 is 5.32 Å². The molecule has 8 heteroatoms. The Labute approximate surface area is 171 Å². The lowest BCUT2D eigenvalue weighted by atomic mass is 9.94. The molecule has 0 spiro atoms. The van der Waals surface area contributed by atoms with Crippen molar-refractivity contribution in [1.29, 1.82) is 0 Å². The number of nitrogens with zero attached hydrogens (tertiary/aromatic N) is 3. The molecule has 5 nitrogen and oxygen atoms in total. The van der Waals surface area contributed by atoms with Crippen LogP contribution in [0.5, 0.6) is 0 Å². The molecule has 0 radical (unpaired) electrons. The largest absolute Gasteiger partial charge is 0.417 e. The zero-order chi connectivity index (χ0) is 21.1. The van der Waals surface area contributed by atoms with Crippen molar-refractivity contribution in [2.45, 2.75) is 38.4 Å². The number of carbonyl (C=O) groups is 1. The number of hydrogen-bond acceptors (Lipinski definition) is 3. The molecule has 1 N–H and O–H groups in total. The number of carbonyl (C=O) groups excluding carboxylic acids is 1. The Hall–Kier alpha value is -3.16. The summed E-state index contributed by atoms with van der Waals surface area (Å²) in [5, 5.41) is 7.35. The van der Waals surface area contributed by atoms with Crippen molar-refractivity contribution in [3.63, 3.8) is 0 Å². The Kier molecular flexibility index (Phi) is 5.57. The Morgan fingerprint density at radius 3 is 2.57 bits per heavy atom. The number of rotatable bonds is 5. The predicted octanol–water partition coefficient (Wildman–Crippen LogP) is 4.27. The maximum absolute atomic E-state index is 13.1. The standard InChI is InChI=1S/C22H21F3N4O/c23-22(24,25)18-7-3-1-5-16(18)21(30)27-13-14-29-19-8-4-2-6-17(19)20(28-29)15-9-11-26-12-10-15/h1,3,5,7,9-12H,2,4,6,8,13-14H2,(H,27,30). The third kappa shape index (κ3) is 4.08. The summed E-state index contributed by atoms with van der Waals surface area (Å²) in [5.74, 6) is -0.738. The van der Waals surface area contributed by atoms with E-state index in [4.69, 9.17) is 5.10 Å². The van der Waals surface area contributed by atoms with Gasteiger partial charge in [0.15, 0.2) is 0 Å². The van der Waals surface area contributed by atoms with Crippen LogP contribution in [0.25, 0.3) is 11.3 Å². The van der Waals surface area contributed by atoms with Gasteiger partial charge in [0.25, 0.3) is 5.91 Å². The van der Waals surface area contributed by atoms with Crippen LogP contribution in [0, 0.1) is 0 Å². The zero-order valence-corrected chi connectivity index (χ0v) is 16.2. The first-order valence-corrected chi connectivity index (χ1v) is 9.88. The molecular weight excluding hydrogens is 393 g/mol. The maximum Gasteiger partial charge on any atom is 0.417 e. The fourth-order valence-electron chi connectivity index (χ4n) is 3.90. The molecule has 2 aromatic heterocycles. The number of halogens is 3. The number of alkyl halides is 3. The number of hydrogen-bond donors (Lipinski definition) is 1. The third-order valence-electron chi connectivity index (χ3n) is 5.30. The van der Waals surface area contributed by atoms with Crippen LogP contribution in [-0.4, -0.2) is 27.2 Å². The highest BCUT2D eigenvalue weighted by atomic mass is 19.4. The minimum atomic E-state index is -4.57. The second-order valence-electron chi connectivity index (χ2n) is 7.24. The van der Waals surface area contributed by atoms with E-state index in [-0.39, 0.29) is 12.1 Å². The summed E-state index contributed by atoms with van der Waals surface area (Å²) in [6.45, 7) is 0.586. The molecule has 0 fully saturated rings. The molecule has 156 valence electrons. The lowest BCUT2D eigenvalue weighted by molar-refractivity contribution is -0.137. The molecule has 0 atom stereocenters. The van der Waals surface area contributed by atoms with E-state index in [0.717, 1.165) is 48.7 Å². The topological polar surface area (TPSA) is 59.8 Å². The SMILES string of the molecule is O=C(NCCn1nc(-c2ccncc2)c2c1CCCC2)c1ccccc1C(F)(F)F. The molecule has 1 aromatic carbocycles. The van der Waals surface area contributed by atoms with E-state index in [1.54, 1.807) is 12.4 Å². The molecule has 3 aromatic rings. The lowest BCUT2D eigenvalue weighted by Crippen LogP contribution is -2.30. The van der Waals surface area contributed by atoms with Crippen molar-refractivity contribution >= 4 is 5.91 Å². The van der Waals surface area contributed by atoms with E-state index in [0.29, 0.717) is 6.54 Å². The Bertz CT molecular complexity index is 1040. The van der Waals surface area contributed by atoms with E-state index in [9.17, 15) is 18.0 Å². The molecular formula is C22H21F3N4O. The van der Waals surface area contributed by atoms with Crippen LogP contribution in [0.2, 0.25) is 0 Å². The summed E-state index contributed by atoms with van der Waals surface area (Å²) in [4.78, 5) is 16.4. The number of fused-ring (bicyclic) bond motifs is 1. The fraction of sp³-hybridized carbons (Fsp3) is 0.318. The highest BCUT2D eigenvalue weighted by molar-refractivity contribution is 5.95. The summed E-state index contributed by atoms with van der Waals surface area (Å²) >= 11 is 0. The summed E-state index contributed by atoms with van der Waals surface area (Å²) in [6.07, 6.45) is 2.89. The van der Waals surface area contributed by atoms with Gasteiger partial charge in [-0.3, -0.25) is 14.5 Å². The van der Waals surface area contributed by atoms with Gasteiger partial charge in [0.2, 0.25) is 0 Å². The molecule has 0 saturated carbocycles. The maximum atomic E-state index is 13.1. The first kappa shape index (κ1) is 20.1. The zero-order valence-electron chi connectivity index (χ0n) is 16.2. The average molecular weight is 414 g/mol. The van der Waals surface area contributed by atoms with Gasteiger partial charge in [-0.15, -0.1) is 0 Å². The monoisotopic (exact) mass is 414 g/mol. The molecule has 2 heterocycles. The number of pyridine rings is 1. The average Bonchev–Trinajstić information content (AvgIpc) is 3.12. The molecule has 1 amide bonds. The number of aromatic nitrogens is 3. The van der Waals surface area contributed by atoms with Crippen molar-refractivity contribution in [1.82, 2.24) is 20.1 Å². The van der Waals surface area contributed by atoms with Crippen molar-refractivity contribution < 1.29 is 18.0 Å². The highest BCUT2D eigenvalue weighted by Crippen LogP contribution is 2.32. The van der Waals surface area contributed by atoms with Crippen LogP contribution in [0.4, 0.5) is 13.2 Å². The Balaban J connectivity index is 1.50. The summed E-state index contributed by atoms with van der Waals surface area (Å²) in [7, 11) is 0. The number of amides is 1. The van der Waals surface area contributed by atoms with Gasteiger partial charge in [0.05, 0.1) is 23.4 Å².